The first-order valence-corrected chi connectivity index (χ1v) is 9.30. The molecule has 1 aromatic carbocycles. The summed E-state index contributed by atoms with van der Waals surface area (Å²) in [5.74, 6) is -0.425. The van der Waals surface area contributed by atoms with Gasteiger partial charge in [-0.15, -0.1) is 0 Å². The number of sulfonamides is 1. The van der Waals surface area contributed by atoms with Crippen molar-refractivity contribution in [2.24, 2.45) is 0 Å². The molecule has 7 nitrogen and oxygen atoms in total. The molecule has 0 bridgehead atoms. The van der Waals surface area contributed by atoms with Crippen LogP contribution in [0.2, 0.25) is 0 Å². The summed E-state index contributed by atoms with van der Waals surface area (Å²) in [6.07, 6.45) is 1.86. The third-order valence-corrected chi connectivity index (χ3v) is 5.67. The van der Waals surface area contributed by atoms with E-state index in [0.717, 1.165) is 0 Å². The molecule has 0 aliphatic rings. The zero-order valence-corrected chi connectivity index (χ0v) is 14.5. The molecule has 24 heavy (non-hydrogen) atoms. The molecule has 0 saturated heterocycles. The molecule has 0 fully saturated rings. The highest BCUT2D eigenvalue weighted by Gasteiger charge is 2.15. The van der Waals surface area contributed by atoms with Gasteiger partial charge in [-0.25, -0.2) is 12.7 Å². The molecule has 130 valence electrons. The molecule has 0 radical (unpaired) electrons. The van der Waals surface area contributed by atoms with Crippen LogP contribution in [-0.4, -0.2) is 49.5 Å². The molecule has 8 heteroatoms. The standard InChI is InChI=1S/C16H21N3O4S/c1-3-24(22,23)19(2)10-6-9-17-16(21)13-11-18-14-8-5-4-7-12(14)15(13)20/h4-5,7-8,11H,3,6,9-10H2,1-2H3,(H,17,21)(H,18,20). The second-order valence-corrected chi connectivity index (χ2v) is 7.77. The van der Waals surface area contributed by atoms with Gasteiger partial charge in [0.25, 0.3) is 5.91 Å². The number of rotatable bonds is 7. The number of amides is 1. The summed E-state index contributed by atoms with van der Waals surface area (Å²) in [5, 5.41) is 3.11. The second kappa shape index (κ2) is 7.59. The molecule has 2 N–H and O–H groups in total. The van der Waals surface area contributed by atoms with Crippen molar-refractivity contribution in [2.75, 3.05) is 25.9 Å². The van der Waals surface area contributed by atoms with Gasteiger partial charge in [0, 0.05) is 37.2 Å². The number of aromatic nitrogens is 1. The number of pyridine rings is 1. The molecule has 0 atom stereocenters. The van der Waals surface area contributed by atoms with Gasteiger partial charge in [0.15, 0.2) is 0 Å². The number of hydrogen-bond donors (Lipinski definition) is 2. The first-order chi connectivity index (χ1) is 11.4. The lowest BCUT2D eigenvalue weighted by molar-refractivity contribution is 0.0951. The Morgan fingerprint density at radius 2 is 2.00 bits per heavy atom. The van der Waals surface area contributed by atoms with Crippen molar-refractivity contribution in [1.82, 2.24) is 14.6 Å². The highest BCUT2D eigenvalue weighted by molar-refractivity contribution is 7.89. The van der Waals surface area contributed by atoms with Crippen LogP contribution in [0.1, 0.15) is 23.7 Å². The number of carbonyl (C=O) groups is 1. The van der Waals surface area contributed by atoms with Gasteiger partial charge in [-0.2, -0.15) is 0 Å². The first kappa shape index (κ1) is 18.2. The number of nitrogens with one attached hydrogen (secondary N) is 2. The van der Waals surface area contributed by atoms with E-state index in [-0.39, 0.29) is 23.3 Å². The topological polar surface area (TPSA) is 99.3 Å². The fraction of sp³-hybridized carbons (Fsp3) is 0.375. The number of carbonyl (C=O) groups excluding carboxylic acids is 1. The summed E-state index contributed by atoms with van der Waals surface area (Å²) in [6.45, 7) is 2.18. The van der Waals surface area contributed by atoms with Gasteiger partial charge >= 0.3 is 0 Å². The highest BCUT2D eigenvalue weighted by atomic mass is 32.2. The maximum atomic E-state index is 12.3. The molecule has 0 saturated carbocycles. The number of nitrogens with zero attached hydrogens (tertiary/aromatic N) is 1. The van der Waals surface area contributed by atoms with Gasteiger partial charge in [-0.1, -0.05) is 12.1 Å². The molecule has 0 aliphatic carbocycles. The largest absolute Gasteiger partial charge is 0.360 e. The quantitative estimate of drug-likeness (QED) is 0.725. The van der Waals surface area contributed by atoms with E-state index in [4.69, 9.17) is 0 Å². The van der Waals surface area contributed by atoms with Crippen molar-refractivity contribution < 1.29 is 13.2 Å². The smallest absolute Gasteiger partial charge is 0.256 e. The fourth-order valence-corrected chi connectivity index (χ4v) is 3.14. The molecule has 0 aliphatic heterocycles. The zero-order valence-electron chi connectivity index (χ0n) is 13.7. The van der Waals surface area contributed by atoms with Crippen LogP contribution in [0.15, 0.2) is 35.3 Å². The molecule has 1 amide bonds. The first-order valence-electron chi connectivity index (χ1n) is 7.69. The molecule has 1 aromatic heterocycles. The average Bonchev–Trinajstić information content (AvgIpc) is 2.58. The second-order valence-electron chi connectivity index (χ2n) is 5.41. The Balaban J connectivity index is 1.97. The summed E-state index contributed by atoms with van der Waals surface area (Å²) in [5.41, 5.74) is 0.390. The van der Waals surface area contributed by atoms with E-state index in [0.29, 0.717) is 23.9 Å². The van der Waals surface area contributed by atoms with Gasteiger partial charge in [0.2, 0.25) is 15.5 Å². The normalized spacial score (nSPS) is 11.8. The summed E-state index contributed by atoms with van der Waals surface area (Å²) < 4.78 is 24.5. The van der Waals surface area contributed by atoms with Crippen LogP contribution in [0, 0.1) is 0 Å². The minimum atomic E-state index is -3.22. The van der Waals surface area contributed by atoms with Crippen molar-refractivity contribution in [3.8, 4) is 0 Å². The zero-order chi connectivity index (χ0) is 17.7. The predicted molar refractivity (Wildman–Crippen MR) is 93.6 cm³/mol. The van der Waals surface area contributed by atoms with E-state index in [1.807, 2.05) is 0 Å². The Bertz CT molecular complexity index is 890. The van der Waals surface area contributed by atoms with Gasteiger partial charge < -0.3 is 10.3 Å². The summed E-state index contributed by atoms with van der Waals surface area (Å²) in [4.78, 5) is 27.4. The number of H-pyrrole nitrogens is 1. The van der Waals surface area contributed by atoms with Crippen LogP contribution in [-0.2, 0) is 10.0 Å². The summed E-state index contributed by atoms with van der Waals surface area (Å²) in [6, 6.07) is 6.97. The van der Waals surface area contributed by atoms with Gasteiger partial charge in [-0.05, 0) is 25.5 Å². The van der Waals surface area contributed by atoms with E-state index < -0.39 is 15.9 Å². The fourth-order valence-electron chi connectivity index (χ4n) is 2.29. The number of benzene rings is 1. The van der Waals surface area contributed by atoms with E-state index in [9.17, 15) is 18.0 Å². The van der Waals surface area contributed by atoms with Crippen molar-refractivity contribution >= 4 is 26.8 Å². The van der Waals surface area contributed by atoms with Gasteiger partial charge in [-0.3, -0.25) is 9.59 Å². The Hall–Kier alpha value is -2.19. The molecule has 1 heterocycles. The Morgan fingerprint density at radius 3 is 2.71 bits per heavy atom. The summed E-state index contributed by atoms with van der Waals surface area (Å²) in [7, 11) is -1.71. The van der Waals surface area contributed by atoms with Gasteiger partial charge in [0.05, 0.1) is 5.75 Å². The molecule has 2 rings (SSSR count). The van der Waals surface area contributed by atoms with Crippen molar-refractivity contribution in [3.05, 3.63) is 46.2 Å². The maximum absolute atomic E-state index is 12.3. The number of fused-ring (bicyclic) bond motifs is 1. The van der Waals surface area contributed by atoms with Crippen molar-refractivity contribution in [3.63, 3.8) is 0 Å². The van der Waals surface area contributed by atoms with E-state index in [1.165, 1.54) is 17.5 Å². The van der Waals surface area contributed by atoms with Crippen molar-refractivity contribution in [1.29, 1.82) is 0 Å². The molecular formula is C16H21N3O4S. The lowest BCUT2D eigenvalue weighted by Crippen LogP contribution is -2.33. The van der Waals surface area contributed by atoms with E-state index >= 15 is 0 Å². The highest BCUT2D eigenvalue weighted by Crippen LogP contribution is 2.07. The monoisotopic (exact) mass is 351 g/mol. The van der Waals surface area contributed by atoms with Crippen molar-refractivity contribution in [2.45, 2.75) is 13.3 Å². The molecule has 2 aromatic rings. The SMILES string of the molecule is CCS(=O)(=O)N(C)CCCNC(=O)c1c[nH]c2ccccc2c1=O. The Morgan fingerprint density at radius 1 is 1.29 bits per heavy atom. The van der Waals surface area contributed by atoms with E-state index in [1.54, 1.807) is 31.2 Å². The molecule has 0 unspecified atom stereocenters. The summed E-state index contributed by atoms with van der Waals surface area (Å²) >= 11 is 0. The van der Waals surface area contributed by atoms with Crippen LogP contribution in [0.3, 0.4) is 0 Å². The molecule has 0 spiro atoms. The van der Waals surface area contributed by atoms with Crippen LogP contribution >= 0.6 is 0 Å². The number of aromatic amines is 1. The molecular weight excluding hydrogens is 330 g/mol. The van der Waals surface area contributed by atoms with E-state index in [2.05, 4.69) is 10.3 Å². The van der Waals surface area contributed by atoms with Gasteiger partial charge in [0.1, 0.15) is 5.56 Å². The third kappa shape index (κ3) is 4.01. The predicted octanol–water partition coefficient (Wildman–Crippen LogP) is 0.929. The van der Waals surface area contributed by atoms with Crippen LogP contribution in [0.25, 0.3) is 10.9 Å². The number of hydrogen-bond acceptors (Lipinski definition) is 4. The Kier molecular flexibility index (Phi) is 5.74. The van der Waals surface area contributed by atoms with Crippen LogP contribution in [0.5, 0.6) is 0 Å². The lowest BCUT2D eigenvalue weighted by Gasteiger charge is -2.15. The lowest BCUT2D eigenvalue weighted by atomic mass is 10.1. The van der Waals surface area contributed by atoms with Crippen LogP contribution < -0.4 is 10.7 Å². The minimum Gasteiger partial charge on any atom is -0.360 e. The third-order valence-electron chi connectivity index (χ3n) is 3.81. The maximum Gasteiger partial charge on any atom is 0.256 e. The number of para-hydroxylation sites is 1. The van der Waals surface area contributed by atoms with Crippen LogP contribution in [0.4, 0.5) is 0 Å². The Labute approximate surface area is 140 Å². The minimum absolute atomic E-state index is 0.0440. The average molecular weight is 351 g/mol.